The molecule has 8 heteroatoms. The van der Waals surface area contributed by atoms with Crippen LogP contribution in [-0.2, 0) is 10.0 Å². The Morgan fingerprint density at radius 3 is 2.74 bits per heavy atom. The van der Waals surface area contributed by atoms with Crippen molar-refractivity contribution in [1.29, 1.82) is 0 Å². The Morgan fingerprint density at radius 1 is 1.22 bits per heavy atom. The average molecular weight is 423 g/mol. The maximum Gasteiger partial charge on any atom is 0.271 e. The molecule has 0 saturated heterocycles. The Kier molecular flexibility index (Phi) is 5.01. The summed E-state index contributed by atoms with van der Waals surface area (Å²) in [7, 11) is -3.72. The van der Waals surface area contributed by atoms with Gasteiger partial charge >= 0.3 is 0 Å². The Labute approximate surface area is 167 Å². The molecular weight excluding hydrogens is 404 g/mol. The molecule has 3 aromatic rings. The highest BCUT2D eigenvalue weighted by Crippen LogP contribution is 2.37. The molecule has 1 aliphatic carbocycles. The second-order valence-corrected chi connectivity index (χ2v) is 10.2. The third-order valence-electron chi connectivity index (χ3n) is 4.69. The van der Waals surface area contributed by atoms with Crippen LogP contribution in [-0.4, -0.2) is 13.4 Å². The van der Waals surface area contributed by atoms with Gasteiger partial charge in [-0.2, -0.15) is 0 Å². The number of aryl methyl sites for hydroxylation is 1. The highest BCUT2D eigenvalue weighted by Gasteiger charge is 2.24. The lowest BCUT2D eigenvalue weighted by atomic mass is 10.1. The van der Waals surface area contributed by atoms with Crippen LogP contribution in [0.15, 0.2) is 45.2 Å². The molecule has 27 heavy (non-hydrogen) atoms. The van der Waals surface area contributed by atoms with Crippen molar-refractivity contribution in [3.05, 3.63) is 53.0 Å². The van der Waals surface area contributed by atoms with E-state index in [0.29, 0.717) is 22.4 Å². The van der Waals surface area contributed by atoms with Crippen molar-refractivity contribution in [2.45, 2.75) is 42.7 Å². The van der Waals surface area contributed by atoms with E-state index in [2.05, 4.69) is 9.71 Å². The van der Waals surface area contributed by atoms with Crippen LogP contribution in [0.4, 0.5) is 5.69 Å². The van der Waals surface area contributed by atoms with Crippen molar-refractivity contribution in [2.24, 2.45) is 0 Å². The normalized spacial score (nSPS) is 15.3. The van der Waals surface area contributed by atoms with Gasteiger partial charge in [0.2, 0.25) is 0 Å². The monoisotopic (exact) mass is 422 g/mol. The predicted molar refractivity (Wildman–Crippen MR) is 108 cm³/mol. The Morgan fingerprint density at radius 2 is 2.00 bits per heavy atom. The molecule has 142 valence electrons. The van der Waals surface area contributed by atoms with Gasteiger partial charge in [0.05, 0.1) is 21.8 Å². The van der Waals surface area contributed by atoms with Crippen LogP contribution in [0, 0.1) is 6.92 Å². The molecule has 1 saturated carbocycles. The molecule has 0 radical (unpaired) electrons. The molecule has 5 nitrogen and oxygen atoms in total. The van der Waals surface area contributed by atoms with Gasteiger partial charge in [-0.15, -0.1) is 11.3 Å². The van der Waals surface area contributed by atoms with E-state index >= 15 is 0 Å². The zero-order valence-electron chi connectivity index (χ0n) is 14.7. The Hall–Kier alpha value is -1.83. The van der Waals surface area contributed by atoms with Gasteiger partial charge in [0.25, 0.3) is 10.0 Å². The van der Waals surface area contributed by atoms with Gasteiger partial charge in [-0.1, -0.05) is 30.5 Å². The molecule has 1 aromatic carbocycles. The van der Waals surface area contributed by atoms with Crippen molar-refractivity contribution in [2.75, 3.05) is 4.72 Å². The van der Waals surface area contributed by atoms with Crippen molar-refractivity contribution in [3.63, 3.8) is 0 Å². The number of nitrogens with one attached hydrogen (secondary N) is 1. The fourth-order valence-electron chi connectivity index (χ4n) is 3.26. The van der Waals surface area contributed by atoms with Crippen molar-refractivity contribution >= 4 is 38.6 Å². The largest absolute Gasteiger partial charge is 0.440 e. The summed E-state index contributed by atoms with van der Waals surface area (Å²) in [6, 6.07) is 8.51. The number of halogens is 1. The molecule has 1 N–H and O–H groups in total. The molecule has 0 atom stereocenters. The lowest BCUT2D eigenvalue weighted by Crippen LogP contribution is -2.11. The van der Waals surface area contributed by atoms with Gasteiger partial charge in [0, 0.05) is 5.92 Å². The van der Waals surface area contributed by atoms with Crippen molar-refractivity contribution in [3.8, 4) is 10.6 Å². The third kappa shape index (κ3) is 3.90. The topological polar surface area (TPSA) is 72.2 Å². The molecule has 2 aromatic heterocycles. The summed E-state index contributed by atoms with van der Waals surface area (Å²) in [6.45, 7) is 1.90. The molecule has 0 aliphatic heterocycles. The molecule has 2 heterocycles. The van der Waals surface area contributed by atoms with Gasteiger partial charge < -0.3 is 4.42 Å². The SMILES string of the molecule is Cc1ccc(NS(=O)(=O)c2ccc(-c3cnc(C4CCCC4)o3)s2)c(Cl)c1. The lowest BCUT2D eigenvalue weighted by molar-refractivity contribution is 0.458. The quantitative estimate of drug-likeness (QED) is 0.562. The molecule has 0 spiro atoms. The van der Waals surface area contributed by atoms with Gasteiger partial charge in [0.15, 0.2) is 11.7 Å². The number of anilines is 1. The van der Waals surface area contributed by atoms with Crippen molar-refractivity contribution in [1.82, 2.24) is 4.98 Å². The zero-order chi connectivity index (χ0) is 19.0. The van der Waals surface area contributed by atoms with E-state index < -0.39 is 10.0 Å². The summed E-state index contributed by atoms with van der Waals surface area (Å²) in [5.74, 6) is 1.74. The number of hydrogen-bond donors (Lipinski definition) is 1. The summed E-state index contributed by atoms with van der Waals surface area (Å²) < 4.78 is 34.0. The molecule has 1 fully saturated rings. The molecular formula is C19H19ClN2O3S2. The van der Waals surface area contributed by atoms with E-state index in [4.69, 9.17) is 16.0 Å². The third-order valence-corrected chi connectivity index (χ3v) is 7.96. The smallest absolute Gasteiger partial charge is 0.271 e. The number of benzene rings is 1. The van der Waals surface area contributed by atoms with Crippen LogP contribution < -0.4 is 4.72 Å². The highest BCUT2D eigenvalue weighted by molar-refractivity contribution is 7.94. The Balaban J connectivity index is 1.56. The van der Waals surface area contributed by atoms with Crippen LogP contribution in [0.2, 0.25) is 5.02 Å². The molecule has 0 amide bonds. The summed E-state index contributed by atoms with van der Waals surface area (Å²) in [5, 5.41) is 0.367. The van der Waals surface area contributed by atoms with E-state index in [9.17, 15) is 8.42 Å². The van der Waals surface area contributed by atoms with Gasteiger partial charge in [-0.05, 0) is 49.6 Å². The first-order valence-electron chi connectivity index (χ1n) is 8.77. The van der Waals surface area contributed by atoms with Gasteiger partial charge in [-0.25, -0.2) is 13.4 Å². The molecule has 1 aliphatic rings. The van der Waals surface area contributed by atoms with E-state index in [0.717, 1.165) is 40.5 Å². The van der Waals surface area contributed by atoms with Gasteiger partial charge in [-0.3, -0.25) is 4.72 Å². The first-order valence-corrected chi connectivity index (χ1v) is 11.4. The van der Waals surface area contributed by atoms with E-state index in [1.54, 1.807) is 30.5 Å². The minimum atomic E-state index is -3.72. The predicted octanol–water partition coefficient (Wildman–Crippen LogP) is 5.82. The number of rotatable bonds is 5. The standard InChI is InChI=1S/C19H19ClN2O3S2/c1-12-6-7-15(14(20)10-12)22-27(23,24)18-9-8-17(26-18)16-11-21-19(25-16)13-4-2-3-5-13/h6-11,13,22H,2-5H2,1H3. The van der Waals surface area contributed by atoms with E-state index in [1.165, 1.54) is 12.8 Å². The number of aromatic nitrogens is 1. The number of thiophene rings is 1. The highest BCUT2D eigenvalue weighted by atomic mass is 35.5. The summed E-state index contributed by atoms with van der Waals surface area (Å²) in [5.41, 5.74) is 1.32. The maximum absolute atomic E-state index is 12.7. The fraction of sp³-hybridized carbons (Fsp3) is 0.316. The molecule has 0 unspecified atom stereocenters. The number of hydrogen-bond acceptors (Lipinski definition) is 5. The first kappa shape index (κ1) is 18.5. The minimum absolute atomic E-state index is 0.202. The number of oxazole rings is 1. The first-order chi connectivity index (χ1) is 12.9. The fourth-order valence-corrected chi connectivity index (χ4v) is 5.93. The van der Waals surface area contributed by atoms with Crippen molar-refractivity contribution < 1.29 is 12.8 Å². The van der Waals surface area contributed by atoms with Crippen LogP contribution >= 0.6 is 22.9 Å². The van der Waals surface area contributed by atoms with Crippen LogP contribution in [0.3, 0.4) is 0 Å². The number of nitrogens with zero attached hydrogens (tertiary/aromatic N) is 1. The Bertz CT molecular complexity index is 1070. The van der Waals surface area contributed by atoms with Crippen LogP contribution in [0.5, 0.6) is 0 Å². The minimum Gasteiger partial charge on any atom is -0.440 e. The average Bonchev–Trinajstić information content (AvgIpc) is 3.37. The molecule has 4 rings (SSSR count). The summed E-state index contributed by atoms with van der Waals surface area (Å²) in [4.78, 5) is 5.13. The van der Waals surface area contributed by atoms with Crippen LogP contribution in [0.1, 0.15) is 43.1 Å². The zero-order valence-corrected chi connectivity index (χ0v) is 17.1. The van der Waals surface area contributed by atoms with Gasteiger partial charge in [0.1, 0.15) is 4.21 Å². The maximum atomic E-state index is 12.7. The second-order valence-electron chi connectivity index (χ2n) is 6.75. The van der Waals surface area contributed by atoms with E-state index in [1.807, 2.05) is 13.0 Å². The summed E-state index contributed by atoms with van der Waals surface area (Å²) >= 11 is 7.29. The summed E-state index contributed by atoms with van der Waals surface area (Å²) in [6.07, 6.45) is 6.30. The molecule has 0 bridgehead atoms. The van der Waals surface area contributed by atoms with Crippen LogP contribution in [0.25, 0.3) is 10.6 Å². The van der Waals surface area contributed by atoms with E-state index in [-0.39, 0.29) is 4.21 Å². The number of sulfonamides is 1. The lowest BCUT2D eigenvalue weighted by Gasteiger charge is -2.08. The second kappa shape index (κ2) is 7.30.